The van der Waals surface area contributed by atoms with Crippen LogP contribution in [0, 0.1) is 11.6 Å². The minimum Gasteiger partial charge on any atom is -0.398 e. The van der Waals surface area contributed by atoms with Crippen molar-refractivity contribution in [1.82, 2.24) is 4.98 Å². The molecule has 0 unspecified atom stereocenters. The first kappa shape index (κ1) is 12.7. The second-order valence-electron chi connectivity index (χ2n) is 4.25. The summed E-state index contributed by atoms with van der Waals surface area (Å²) in [4.78, 5) is 4.35. The van der Waals surface area contributed by atoms with Crippen molar-refractivity contribution in [2.24, 2.45) is 0 Å². The first-order valence-corrected chi connectivity index (χ1v) is 6.79. The molecule has 0 radical (unpaired) electrons. The lowest BCUT2D eigenvalue weighted by atomic mass is 10.1. The third kappa shape index (κ3) is 2.28. The van der Waals surface area contributed by atoms with E-state index in [2.05, 4.69) is 4.98 Å². The van der Waals surface area contributed by atoms with Crippen LogP contribution in [0.15, 0.2) is 47.8 Å². The van der Waals surface area contributed by atoms with Gasteiger partial charge in [-0.2, -0.15) is 0 Å². The standard InChI is InChI=1S/C15H10F2N2S/c16-9-5-6-12(17)11(7-9)14-8-20-15(19-14)10-3-1-2-4-13(10)18/h1-8H,18H2. The lowest BCUT2D eigenvalue weighted by molar-refractivity contribution is 0.603. The molecule has 2 nitrogen and oxygen atoms in total. The minimum atomic E-state index is -0.496. The Morgan fingerprint density at radius 2 is 1.80 bits per heavy atom. The summed E-state index contributed by atoms with van der Waals surface area (Å²) in [6, 6.07) is 10.6. The number of hydrogen-bond acceptors (Lipinski definition) is 3. The summed E-state index contributed by atoms with van der Waals surface area (Å²) in [5.74, 6) is -0.987. The molecule has 0 aliphatic carbocycles. The molecule has 0 atom stereocenters. The Kier molecular flexibility index (Phi) is 3.20. The SMILES string of the molecule is Nc1ccccc1-c1nc(-c2cc(F)ccc2F)cs1. The highest BCUT2D eigenvalue weighted by Crippen LogP contribution is 2.32. The number of aromatic nitrogens is 1. The quantitative estimate of drug-likeness (QED) is 0.712. The number of halogens is 2. The number of benzene rings is 2. The van der Waals surface area contributed by atoms with Gasteiger partial charge in [0, 0.05) is 22.2 Å². The number of anilines is 1. The average Bonchev–Trinajstić information content (AvgIpc) is 2.91. The van der Waals surface area contributed by atoms with E-state index in [0.717, 1.165) is 23.8 Å². The molecular weight excluding hydrogens is 278 g/mol. The molecule has 0 amide bonds. The molecular formula is C15H10F2N2S. The lowest BCUT2D eigenvalue weighted by Crippen LogP contribution is -1.90. The lowest BCUT2D eigenvalue weighted by Gasteiger charge is -2.01. The van der Waals surface area contributed by atoms with Gasteiger partial charge in [-0.1, -0.05) is 12.1 Å². The van der Waals surface area contributed by atoms with Gasteiger partial charge in [0.15, 0.2) is 0 Å². The van der Waals surface area contributed by atoms with E-state index in [9.17, 15) is 8.78 Å². The van der Waals surface area contributed by atoms with Gasteiger partial charge in [-0.05, 0) is 30.3 Å². The van der Waals surface area contributed by atoms with Crippen LogP contribution in [-0.4, -0.2) is 4.98 Å². The third-order valence-electron chi connectivity index (χ3n) is 2.90. The number of hydrogen-bond donors (Lipinski definition) is 1. The average molecular weight is 288 g/mol. The highest BCUT2D eigenvalue weighted by molar-refractivity contribution is 7.13. The van der Waals surface area contributed by atoms with Gasteiger partial charge in [0.1, 0.15) is 16.6 Å². The second-order valence-corrected chi connectivity index (χ2v) is 5.11. The number of nitrogen functional groups attached to an aromatic ring is 1. The van der Waals surface area contributed by atoms with E-state index in [1.54, 1.807) is 11.4 Å². The van der Waals surface area contributed by atoms with Crippen molar-refractivity contribution in [3.8, 4) is 21.8 Å². The molecule has 3 rings (SSSR count). The van der Waals surface area contributed by atoms with Crippen LogP contribution in [0.5, 0.6) is 0 Å². The molecule has 0 saturated carbocycles. The zero-order valence-corrected chi connectivity index (χ0v) is 11.1. The molecule has 0 aliphatic rings. The molecule has 3 aromatic rings. The molecule has 2 N–H and O–H groups in total. The highest BCUT2D eigenvalue weighted by atomic mass is 32.1. The fourth-order valence-corrected chi connectivity index (χ4v) is 2.77. The number of nitrogens with two attached hydrogens (primary N) is 1. The van der Waals surface area contributed by atoms with Gasteiger partial charge in [0.05, 0.1) is 5.69 Å². The summed E-state index contributed by atoms with van der Waals surface area (Å²) in [5, 5.41) is 2.38. The summed E-state index contributed by atoms with van der Waals surface area (Å²) in [6.45, 7) is 0. The Morgan fingerprint density at radius 1 is 1.00 bits per heavy atom. The Morgan fingerprint density at radius 3 is 2.60 bits per heavy atom. The van der Waals surface area contributed by atoms with Crippen LogP contribution in [0.1, 0.15) is 0 Å². The predicted octanol–water partition coefficient (Wildman–Crippen LogP) is 4.34. The summed E-state index contributed by atoms with van der Waals surface area (Å²) in [6.07, 6.45) is 0. The van der Waals surface area contributed by atoms with Crippen molar-refractivity contribution < 1.29 is 8.78 Å². The van der Waals surface area contributed by atoms with E-state index in [1.165, 1.54) is 11.3 Å². The van der Waals surface area contributed by atoms with Crippen molar-refractivity contribution in [3.05, 3.63) is 59.5 Å². The third-order valence-corrected chi connectivity index (χ3v) is 3.78. The van der Waals surface area contributed by atoms with E-state index in [0.29, 0.717) is 16.4 Å². The van der Waals surface area contributed by atoms with E-state index in [4.69, 9.17) is 5.73 Å². The van der Waals surface area contributed by atoms with E-state index < -0.39 is 11.6 Å². The van der Waals surface area contributed by atoms with Crippen LogP contribution in [0.2, 0.25) is 0 Å². The van der Waals surface area contributed by atoms with Crippen molar-refractivity contribution in [3.63, 3.8) is 0 Å². The molecule has 20 heavy (non-hydrogen) atoms. The van der Waals surface area contributed by atoms with Gasteiger partial charge >= 0.3 is 0 Å². The first-order valence-electron chi connectivity index (χ1n) is 5.91. The maximum absolute atomic E-state index is 13.7. The van der Waals surface area contributed by atoms with Crippen LogP contribution in [0.3, 0.4) is 0 Å². The van der Waals surface area contributed by atoms with Crippen LogP contribution in [0.4, 0.5) is 14.5 Å². The maximum atomic E-state index is 13.7. The molecule has 2 aromatic carbocycles. The Balaban J connectivity index is 2.07. The maximum Gasteiger partial charge on any atom is 0.132 e. The molecule has 0 spiro atoms. The summed E-state index contributed by atoms with van der Waals surface area (Å²) in [7, 11) is 0. The van der Waals surface area contributed by atoms with E-state index in [1.807, 2.05) is 18.2 Å². The molecule has 5 heteroatoms. The largest absolute Gasteiger partial charge is 0.398 e. The van der Waals surface area contributed by atoms with Gasteiger partial charge in [-0.15, -0.1) is 11.3 Å². The van der Waals surface area contributed by atoms with Crippen LogP contribution >= 0.6 is 11.3 Å². The smallest absolute Gasteiger partial charge is 0.132 e. The fraction of sp³-hybridized carbons (Fsp3) is 0. The molecule has 1 heterocycles. The molecule has 0 saturated heterocycles. The van der Waals surface area contributed by atoms with Crippen LogP contribution < -0.4 is 5.73 Å². The summed E-state index contributed by atoms with van der Waals surface area (Å²) in [5.41, 5.74) is 7.85. The summed E-state index contributed by atoms with van der Waals surface area (Å²) < 4.78 is 26.9. The Labute approximate surface area is 118 Å². The number of thiazole rings is 1. The zero-order valence-electron chi connectivity index (χ0n) is 10.3. The van der Waals surface area contributed by atoms with Crippen LogP contribution in [-0.2, 0) is 0 Å². The molecule has 0 aliphatic heterocycles. The summed E-state index contributed by atoms with van der Waals surface area (Å²) >= 11 is 1.35. The van der Waals surface area contributed by atoms with Crippen molar-refractivity contribution in [2.45, 2.75) is 0 Å². The molecule has 0 fully saturated rings. The van der Waals surface area contributed by atoms with Gasteiger partial charge in [0.2, 0.25) is 0 Å². The number of rotatable bonds is 2. The van der Waals surface area contributed by atoms with Gasteiger partial charge in [-0.3, -0.25) is 0 Å². The topological polar surface area (TPSA) is 38.9 Å². The predicted molar refractivity (Wildman–Crippen MR) is 77.3 cm³/mol. The first-order chi connectivity index (χ1) is 9.65. The van der Waals surface area contributed by atoms with Crippen LogP contribution in [0.25, 0.3) is 21.8 Å². The van der Waals surface area contributed by atoms with Crippen molar-refractivity contribution >= 4 is 17.0 Å². The molecule has 0 bridgehead atoms. The van der Waals surface area contributed by atoms with Crippen molar-refractivity contribution in [2.75, 3.05) is 5.73 Å². The normalized spacial score (nSPS) is 10.7. The highest BCUT2D eigenvalue weighted by Gasteiger charge is 2.12. The fourth-order valence-electron chi connectivity index (χ4n) is 1.91. The second kappa shape index (κ2) is 5.02. The van der Waals surface area contributed by atoms with E-state index in [-0.39, 0.29) is 5.56 Å². The van der Waals surface area contributed by atoms with Gasteiger partial charge in [-0.25, -0.2) is 13.8 Å². The molecule has 1 aromatic heterocycles. The van der Waals surface area contributed by atoms with Gasteiger partial charge < -0.3 is 5.73 Å². The zero-order chi connectivity index (χ0) is 14.1. The van der Waals surface area contributed by atoms with E-state index >= 15 is 0 Å². The van der Waals surface area contributed by atoms with Gasteiger partial charge in [0.25, 0.3) is 0 Å². The van der Waals surface area contributed by atoms with Crippen molar-refractivity contribution in [1.29, 1.82) is 0 Å². The minimum absolute atomic E-state index is 0.155. The number of para-hydroxylation sites is 1. The molecule has 100 valence electrons. The number of nitrogens with zero attached hydrogens (tertiary/aromatic N) is 1. The Hall–Kier alpha value is -2.27. The Bertz CT molecular complexity index is 768. The monoisotopic (exact) mass is 288 g/mol.